The van der Waals surface area contributed by atoms with Gasteiger partial charge in [-0.1, -0.05) is 18.2 Å². The number of likely N-dealkylation sites (tertiary alicyclic amines) is 1. The highest BCUT2D eigenvalue weighted by Gasteiger charge is 2.33. The lowest BCUT2D eigenvalue weighted by atomic mass is 9.91. The van der Waals surface area contributed by atoms with E-state index in [9.17, 15) is 4.79 Å². The molecule has 2 aliphatic heterocycles. The van der Waals surface area contributed by atoms with Crippen LogP contribution in [0.4, 0.5) is 0 Å². The van der Waals surface area contributed by atoms with E-state index in [4.69, 9.17) is 19.9 Å². The van der Waals surface area contributed by atoms with Crippen LogP contribution in [0, 0.1) is 5.92 Å². The number of para-hydroxylation sites is 1. The Morgan fingerprint density at radius 1 is 1.00 bits per heavy atom. The largest absolute Gasteiger partial charge is 0.493 e. The summed E-state index contributed by atoms with van der Waals surface area (Å²) in [6.07, 6.45) is 3.12. The van der Waals surface area contributed by atoms with Crippen molar-refractivity contribution in [2.45, 2.75) is 25.3 Å². The molecule has 2 aromatic rings. The van der Waals surface area contributed by atoms with Crippen molar-refractivity contribution in [3.05, 3.63) is 53.6 Å². The van der Waals surface area contributed by atoms with E-state index in [0.717, 1.165) is 75.5 Å². The third-order valence-electron chi connectivity index (χ3n) is 6.88. The first-order valence-corrected chi connectivity index (χ1v) is 11.8. The number of carbonyl (C=O) groups excluding carboxylic acids is 1. The zero-order valence-corrected chi connectivity index (χ0v) is 19.7. The lowest BCUT2D eigenvalue weighted by Gasteiger charge is -2.38. The third-order valence-corrected chi connectivity index (χ3v) is 6.88. The van der Waals surface area contributed by atoms with Crippen molar-refractivity contribution in [2.75, 3.05) is 53.6 Å². The summed E-state index contributed by atoms with van der Waals surface area (Å²) in [5.41, 5.74) is 7.90. The van der Waals surface area contributed by atoms with Gasteiger partial charge in [-0.05, 0) is 73.7 Å². The minimum Gasteiger partial charge on any atom is -0.493 e. The molecule has 1 amide bonds. The maximum absolute atomic E-state index is 12.4. The van der Waals surface area contributed by atoms with Crippen molar-refractivity contribution in [3.63, 3.8) is 0 Å². The van der Waals surface area contributed by atoms with Crippen LogP contribution in [0.5, 0.6) is 17.2 Å². The molecule has 2 heterocycles. The van der Waals surface area contributed by atoms with E-state index in [1.807, 2.05) is 42.5 Å². The van der Waals surface area contributed by atoms with Gasteiger partial charge in [-0.2, -0.15) is 0 Å². The highest BCUT2D eigenvalue weighted by Crippen LogP contribution is 2.38. The molecule has 0 bridgehead atoms. The highest BCUT2D eigenvalue weighted by atomic mass is 16.5. The lowest BCUT2D eigenvalue weighted by molar-refractivity contribution is -0.124. The number of rotatable bonds is 9. The number of nitrogens with two attached hydrogens (primary N) is 1. The molecule has 0 aromatic heterocycles. The molecule has 1 atom stereocenters. The van der Waals surface area contributed by atoms with Crippen LogP contribution >= 0.6 is 0 Å². The van der Waals surface area contributed by atoms with Gasteiger partial charge in [0.25, 0.3) is 0 Å². The van der Waals surface area contributed by atoms with Gasteiger partial charge in [0.2, 0.25) is 5.91 Å². The van der Waals surface area contributed by atoms with Crippen LogP contribution < -0.4 is 19.9 Å². The normalized spacial score (nSPS) is 19.6. The molecule has 0 radical (unpaired) electrons. The Labute approximate surface area is 196 Å². The van der Waals surface area contributed by atoms with Crippen molar-refractivity contribution < 1.29 is 19.0 Å². The summed E-state index contributed by atoms with van der Waals surface area (Å²) >= 11 is 0. The topological polar surface area (TPSA) is 77.3 Å². The summed E-state index contributed by atoms with van der Waals surface area (Å²) in [7, 11) is 3.24. The maximum Gasteiger partial charge on any atom is 0.239 e. The number of benzene rings is 2. The van der Waals surface area contributed by atoms with Crippen LogP contribution in [0.15, 0.2) is 42.5 Å². The number of hydrogen-bond donors (Lipinski definition) is 1. The summed E-state index contributed by atoms with van der Waals surface area (Å²) in [5, 5.41) is 0. The van der Waals surface area contributed by atoms with Crippen LogP contribution in [0.2, 0.25) is 0 Å². The van der Waals surface area contributed by atoms with E-state index in [2.05, 4.69) is 9.80 Å². The average molecular weight is 454 g/mol. The fourth-order valence-corrected chi connectivity index (χ4v) is 4.95. The SMILES string of the molecule is COc1cc2c(cc1OC)C(C(N)=O)N(CCN1CCC(COc3ccccc3)CC1)CC2. The van der Waals surface area contributed by atoms with Crippen molar-refractivity contribution in [2.24, 2.45) is 11.7 Å². The van der Waals surface area contributed by atoms with Crippen LogP contribution in [-0.2, 0) is 11.2 Å². The number of piperidine rings is 1. The monoisotopic (exact) mass is 453 g/mol. The first-order chi connectivity index (χ1) is 16.1. The second-order valence-corrected chi connectivity index (χ2v) is 8.91. The average Bonchev–Trinajstić information content (AvgIpc) is 2.86. The number of carbonyl (C=O) groups is 1. The van der Waals surface area contributed by atoms with Gasteiger partial charge in [0, 0.05) is 19.6 Å². The molecule has 1 saturated heterocycles. The summed E-state index contributed by atoms with van der Waals surface area (Å²) < 4.78 is 16.8. The number of hydrogen-bond acceptors (Lipinski definition) is 6. The predicted octanol–water partition coefficient (Wildman–Crippen LogP) is 2.88. The maximum atomic E-state index is 12.4. The Morgan fingerprint density at radius 2 is 1.70 bits per heavy atom. The summed E-state index contributed by atoms with van der Waals surface area (Å²) in [6, 6.07) is 13.5. The molecule has 4 rings (SSSR count). The van der Waals surface area contributed by atoms with E-state index in [1.54, 1.807) is 14.2 Å². The fraction of sp³-hybridized carbons (Fsp3) is 0.500. The van der Waals surface area contributed by atoms with Gasteiger partial charge in [0.05, 0.1) is 20.8 Å². The molecule has 2 N–H and O–H groups in total. The summed E-state index contributed by atoms with van der Waals surface area (Å²) in [4.78, 5) is 17.1. The minimum absolute atomic E-state index is 0.320. The van der Waals surface area contributed by atoms with E-state index in [-0.39, 0.29) is 5.91 Å². The molecule has 0 aliphatic carbocycles. The van der Waals surface area contributed by atoms with Crippen LogP contribution in [0.25, 0.3) is 0 Å². The van der Waals surface area contributed by atoms with Gasteiger partial charge in [0.15, 0.2) is 11.5 Å². The molecular formula is C26H35N3O4. The number of amides is 1. The van der Waals surface area contributed by atoms with Crippen molar-refractivity contribution in [1.29, 1.82) is 0 Å². The Balaban J connectivity index is 1.31. The standard InChI is InChI=1S/C26H35N3O4/c1-31-23-16-20-10-13-29(25(26(27)30)22(20)17-24(23)32-2)15-14-28-11-8-19(9-12-28)18-33-21-6-4-3-5-7-21/h3-7,16-17,19,25H,8-15,18H2,1-2H3,(H2,27,30). The molecular weight excluding hydrogens is 418 g/mol. The van der Waals surface area contributed by atoms with E-state index in [0.29, 0.717) is 17.4 Å². The predicted molar refractivity (Wildman–Crippen MR) is 128 cm³/mol. The molecule has 33 heavy (non-hydrogen) atoms. The molecule has 0 saturated carbocycles. The Morgan fingerprint density at radius 3 is 2.36 bits per heavy atom. The third kappa shape index (κ3) is 5.60. The minimum atomic E-state index is -0.439. The number of nitrogens with zero attached hydrogens (tertiary/aromatic N) is 2. The lowest BCUT2D eigenvalue weighted by Crippen LogP contribution is -2.47. The zero-order chi connectivity index (χ0) is 23.2. The second-order valence-electron chi connectivity index (χ2n) is 8.91. The van der Waals surface area contributed by atoms with Crippen LogP contribution in [0.1, 0.15) is 30.0 Å². The Hall–Kier alpha value is -2.77. The molecule has 1 fully saturated rings. The Bertz CT molecular complexity index is 929. The molecule has 7 nitrogen and oxygen atoms in total. The highest BCUT2D eigenvalue weighted by molar-refractivity contribution is 5.82. The van der Waals surface area contributed by atoms with Crippen molar-refractivity contribution >= 4 is 5.91 Å². The van der Waals surface area contributed by atoms with Crippen LogP contribution in [-0.4, -0.2) is 69.3 Å². The fourth-order valence-electron chi connectivity index (χ4n) is 4.95. The molecule has 1 unspecified atom stereocenters. The quantitative estimate of drug-likeness (QED) is 0.629. The zero-order valence-electron chi connectivity index (χ0n) is 19.7. The van der Waals surface area contributed by atoms with E-state index >= 15 is 0 Å². The smallest absolute Gasteiger partial charge is 0.239 e. The number of fused-ring (bicyclic) bond motifs is 1. The second kappa shape index (κ2) is 10.9. The number of methoxy groups -OCH3 is 2. The summed E-state index contributed by atoms with van der Waals surface area (Å²) in [6.45, 7) is 5.43. The van der Waals surface area contributed by atoms with E-state index < -0.39 is 6.04 Å². The van der Waals surface area contributed by atoms with Gasteiger partial charge in [0.1, 0.15) is 11.8 Å². The summed E-state index contributed by atoms with van der Waals surface area (Å²) in [5.74, 6) is 2.53. The molecule has 178 valence electrons. The molecule has 2 aliphatic rings. The van der Waals surface area contributed by atoms with Crippen molar-refractivity contribution in [3.8, 4) is 17.2 Å². The van der Waals surface area contributed by atoms with Gasteiger partial charge < -0.3 is 24.8 Å². The molecule has 2 aromatic carbocycles. The van der Waals surface area contributed by atoms with Gasteiger partial charge >= 0.3 is 0 Å². The van der Waals surface area contributed by atoms with Crippen LogP contribution in [0.3, 0.4) is 0 Å². The number of primary amides is 1. The number of ether oxygens (including phenoxy) is 3. The molecule has 0 spiro atoms. The van der Waals surface area contributed by atoms with Gasteiger partial charge in [-0.15, -0.1) is 0 Å². The first kappa shape index (κ1) is 23.4. The molecule has 7 heteroatoms. The van der Waals surface area contributed by atoms with Crippen molar-refractivity contribution in [1.82, 2.24) is 9.80 Å². The van der Waals surface area contributed by atoms with Gasteiger partial charge in [-0.25, -0.2) is 0 Å². The van der Waals surface area contributed by atoms with E-state index in [1.165, 1.54) is 0 Å². The first-order valence-electron chi connectivity index (χ1n) is 11.8. The Kier molecular flexibility index (Phi) is 7.73. The van der Waals surface area contributed by atoms with Gasteiger partial charge in [-0.3, -0.25) is 9.69 Å².